The van der Waals surface area contributed by atoms with Crippen molar-refractivity contribution in [2.24, 2.45) is 4.40 Å². The van der Waals surface area contributed by atoms with Crippen molar-refractivity contribution in [3.8, 4) is 0 Å². The maximum absolute atomic E-state index is 12.5. The summed E-state index contributed by atoms with van der Waals surface area (Å²) in [5, 5.41) is -0.868. The second-order valence-corrected chi connectivity index (χ2v) is 8.72. The Morgan fingerprint density at radius 1 is 1.18 bits per heavy atom. The molecule has 0 bridgehead atoms. The molecule has 0 aliphatic carbocycles. The lowest BCUT2D eigenvalue weighted by atomic mass is 9.86. The van der Waals surface area contributed by atoms with E-state index in [1.165, 1.54) is 7.11 Å². The van der Waals surface area contributed by atoms with Crippen molar-refractivity contribution in [3.63, 3.8) is 0 Å². The highest BCUT2D eigenvalue weighted by atomic mass is 32.2. The molecule has 1 unspecified atom stereocenters. The van der Waals surface area contributed by atoms with Crippen LogP contribution in [0.5, 0.6) is 0 Å². The summed E-state index contributed by atoms with van der Waals surface area (Å²) in [6, 6.07) is 7.58. The van der Waals surface area contributed by atoms with Crippen LogP contribution in [0.15, 0.2) is 28.7 Å². The topological polar surface area (TPSA) is 65.0 Å². The van der Waals surface area contributed by atoms with Crippen molar-refractivity contribution in [3.05, 3.63) is 35.4 Å². The minimum atomic E-state index is -3.76. The van der Waals surface area contributed by atoms with Crippen LogP contribution >= 0.6 is 0 Å². The molecule has 0 amide bonds. The molecule has 0 radical (unpaired) electrons. The smallest absolute Gasteiger partial charge is 0.399 e. The third-order valence-electron chi connectivity index (χ3n) is 3.74. The van der Waals surface area contributed by atoms with Crippen molar-refractivity contribution in [1.82, 2.24) is 0 Å². The lowest BCUT2D eigenvalue weighted by Crippen LogP contribution is -2.43. The van der Waals surface area contributed by atoms with E-state index >= 15 is 0 Å². The van der Waals surface area contributed by atoms with Crippen molar-refractivity contribution in [1.29, 1.82) is 0 Å². The lowest BCUT2D eigenvalue weighted by molar-refractivity contribution is 0.0442. The van der Waals surface area contributed by atoms with Crippen LogP contribution in [0.2, 0.25) is 0 Å². The number of ether oxygens (including phenoxy) is 2. The summed E-state index contributed by atoms with van der Waals surface area (Å²) in [4.78, 5) is 0. The van der Waals surface area contributed by atoms with Crippen LogP contribution in [0.1, 0.15) is 51.0 Å². The van der Waals surface area contributed by atoms with Gasteiger partial charge in [-0.25, -0.2) is 8.42 Å². The molecule has 0 spiro atoms. The molecule has 2 rings (SSSR count). The average molecular weight is 325 g/mol. The highest BCUT2D eigenvalue weighted by molar-refractivity contribution is 7.90. The third kappa shape index (κ3) is 3.11. The first-order valence-corrected chi connectivity index (χ1v) is 8.65. The Labute approximate surface area is 132 Å². The Kier molecular flexibility index (Phi) is 4.02. The summed E-state index contributed by atoms with van der Waals surface area (Å²) in [6.45, 7) is 9.78. The first kappa shape index (κ1) is 16.8. The summed E-state index contributed by atoms with van der Waals surface area (Å²) in [7, 11) is -2.42. The van der Waals surface area contributed by atoms with Crippen LogP contribution in [0.25, 0.3) is 0 Å². The van der Waals surface area contributed by atoms with Gasteiger partial charge in [-0.2, -0.15) is 0 Å². The molecule has 0 N–H and O–H groups in total. The van der Waals surface area contributed by atoms with Gasteiger partial charge in [-0.15, -0.1) is 0 Å². The van der Waals surface area contributed by atoms with Crippen molar-refractivity contribution in [2.45, 2.75) is 50.9 Å². The van der Waals surface area contributed by atoms with Crippen molar-refractivity contribution in [2.75, 3.05) is 7.11 Å². The van der Waals surface area contributed by atoms with E-state index in [1.807, 2.05) is 24.3 Å². The van der Waals surface area contributed by atoms with Gasteiger partial charge in [0.05, 0.1) is 7.11 Å². The highest BCUT2D eigenvalue weighted by Crippen LogP contribution is 2.40. The van der Waals surface area contributed by atoms with Crippen LogP contribution in [0, 0.1) is 0 Å². The van der Waals surface area contributed by atoms with E-state index in [9.17, 15) is 8.42 Å². The summed E-state index contributed by atoms with van der Waals surface area (Å²) < 4.78 is 39.0. The summed E-state index contributed by atoms with van der Waals surface area (Å²) >= 11 is 0. The number of methoxy groups -OCH3 is 1. The molecule has 6 heteroatoms. The fourth-order valence-electron chi connectivity index (χ4n) is 2.62. The zero-order chi connectivity index (χ0) is 16.8. The Hall–Kier alpha value is -1.56. The number of hydrogen-bond donors (Lipinski definition) is 0. The van der Waals surface area contributed by atoms with E-state index in [0.29, 0.717) is 5.56 Å². The van der Waals surface area contributed by atoms with Gasteiger partial charge in [-0.1, -0.05) is 49.4 Å². The molecule has 122 valence electrons. The minimum absolute atomic E-state index is 0.0113. The molecule has 0 aromatic heterocycles. The average Bonchev–Trinajstić information content (AvgIpc) is 2.35. The normalized spacial score (nSPS) is 23.4. The van der Waals surface area contributed by atoms with Gasteiger partial charge in [-0.05, 0) is 30.4 Å². The third-order valence-corrected chi connectivity index (χ3v) is 5.57. The fourth-order valence-corrected chi connectivity index (χ4v) is 4.31. The van der Waals surface area contributed by atoms with Gasteiger partial charge in [0.15, 0.2) is 0 Å². The molecule has 1 aliphatic heterocycles. The van der Waals surface area contributed by atoms with Crippen LogP contribution in [0.4, 0.5) is 0 Å². The van der Waals surface area contributed by atoms with Crippen LogP contribution in [0.3, 0.4) is 0 Å². The Morgan fingerprint density at radius 3 is 2.14 bits per heavy atom. The molecule has 22 heavy (non-hydrogen) atoms. The Balaban J connectivity index is 2.49. The van der Waals surface area contributed by atoms with Gasteiger partial charge < -0.3 is 9.47 Å². The van der Waals surface area contributed by atoms with E-state index < -0.39 is 20.9 Å². The molecule has 1 aromatic rings. The maximum Gasteiger partial charge on any atom is 0.399 e. The zero-order valence-corrected chi connectivity index (χ0v) is 14.7. The maximum atomic E-state index is 12.5. The number of sulfonamides is 1. The van der Waals surface area contributed by atoms with Gasteiger partial charge in [0.1, 0.15) is 10.9 Å². The molecular weight excluding hydrogens is 302 g/mol. The zero-order valence-electron chi connectivity index (χ0n) is 13.9. The summed E-state index contributed by atoms with van der Waals surface area (Å²) in [5.41, 5.74) is 0.855. The molecule has 0 fully saturated rings. The van der Waals surface area contributed by atoms with E-state index in [1.54, 1.807) is 13.8 Å². The van der Waals surface area contributed by atoms with Gasteiger partial charge in [0, 0.05) is 0 Å². The van der Waals surface area contributed by atoms with Crippen molar-refractivity contribution < 1.29 is 17.9 Å². The van der Waals surface area contributed by atoms with E-state index in [4.69, 9.17) is 9.47 Å². The van der Waals surface area contributed by atoms with Gasteiger partial charge in [-0.3, -0.25) is 0 Å². The largest absolute Gasteiger partial charge is 0.453 e. The second kappa shape index (κ2) is 5.26. The SMILES string of the molecule is COC1=NS(=O)(=O)C(c2ccc(C(C)(C)C)cc2)C(C)(C)O1. The summed E-state index contributed by atoms with van der Waals surface area (Å²) in [6.07, 6.45) is -0.215. The molecule has 1 aliphatic rings. The molecule has 0 saturated heterocycles. The predicted molar refractivity (Wildman–Crippen MR) is 86.4 cm³/mol. The van der Waals surface area contributed by atoms with Gasteiger partial charge in [0.25, 0.3) is 10.0 Å². The fraction of sp³-hybridized carbons (Fsp3) is 0.562. The molecule has 1 heterocycles. The first-order valence-electron chi connectivity index (χ1n) is 7.14. The van der Waals surface area contributed by atoms with Crippen LogP contribution in [-0.4, -0.2) is 27.2 Å². The number of benzene rings is 1. The molecule has 1 aromatic carbocycles. The first-order chi connectivity index (χ1) is 9.97. The standard InChI is InChI=1S/C16H23NO4S/c1-15(2,3)12-9-7-11(8-10-12)13-16(4,5)21-14(20-6)17-22(13,18)19/h7-10,13H,1-6H3. The van der Waals surface area contributed by atoms with Crippen molar-refractivity contribution >= 4 is 16.1 Å². The number of hydrogen-bond acceptors (Lipinski definition) is 4. The highest BCUT2D eigenvalue weighted by Gasteiger charge is 2.47. The van der Waals surface area contributed by atoms with Crippen LogP contribution < -0.4 is 0 Å². The Bertz CT molecular complexity index is 682. The molecule has 1 atom stereocenters. The monoisotopic (exact) mass is 325 g/mol. The van der Waals surface area contributed by atoms with Gasteiger partial charge >= 0.3 is 6.08 Å². The number of rotatable bonds is 1. The minimum Gasteiger partial charge on any atom is -0.453 e. The summed E-state index contributed by atoms with van der Waals surface area (Å²) in [5.74, 6) is 0. The quantitative estimate of drug-likeness (QED) is 0.795. The van der Waals surface area contributed by atoms with E-state index in [2.05, 4.69) is 25.2 Å². The molecule has 0 saturated carbocycles. The molecular formula is C16H23NO4S. The number of nitrogens with zero attached hydrogens (tertiary/aromatic N) is 1. The van der Waals surface area contributed by atoms with E-state index in [0.717, 1.165) is 5.56 Å². The Morgan fingerprint density at radius 2 is 1.73 bits per heavy atom. The second-order valence-electron chi connectivity index (χ2n) is 7.03. The molecule has 5 nitrogen and oxygen atoms in total. The van der Waals surface area contributed by atoms with E-state index in [-0.39, 0.29) is 11.5 Å². The van der Waals surface area contributed by atoms with Gasteiger partial charge in [0.2, 0.25) is 0 Å². The predicted octanol–water partition coefficient (Wildman–Crippen LogP) is 3.17. The van der Waals surface area contributed by atoms with Crippen LogP contribution in [-0.2, 0) is 24.9 Å². The lowest BCUT2D eigenvalue weighted by Gasteiger charge is -2.36.